The summed E-state index contributed by atoms with van der Waals surface area (Å²) >= 11 is 0. The number of aromatic nitrogens is 2. The minimum atomic E-state index is 0.700. The molecule has 0 atom stereocenters. The quantitative estimate of drug-likeness (QED) is 0.683. The fourth-order valence-corrected chi connectivity index (χ4v) is 2.02. The molecule has 0 aliphatic rings. The molecule has 0 aliphatic heterocycles. The van der Waals surface area contributed by atoms with Crippen molar-refractivity contribution < 1.29 is 9.47 Å². The van der Waals surface area contributed by atoms with Gasteiger partial charge in [-0.25, -0.2) is 4.98 Å². The standard InChI is InChI=1S/C16H23N3O2/c1-20-13-5-9-17-16-18-10-12-19(16)11-6-14-21-15-7-3-2-4-8-15/h2-4,7-8,10,12H,5-6,9,11,13-14H2,1H3,(H,17,18). The van der Waals surface area contributed by atoms with Crippen LogP contribution in [0, 0.1) is 0 Å². The second-order valence-corrected chi connectivity index (χ2v) is 4.73. The van der Waals surface area contributed by atoms with Crippen LogP contribution in [-0.4, -0.2) is 36.4 Å². The van der Waals surface area contributed by atoms with Crippen LogP contribution in [-0.2, 0) is 11.3 Å². The smallest absolute Gasteiger partial charge is 0.202 e. The molecule has 2 rings (SSSR count). The van der Waals surface area contributed by atoms with Gasteiger partial charge >= 0.3 is 0 Å². The molecule has 0 spiro atoms. The van der Waals surface area contributed by atoms with E-state index in [2.05, 4.69) is 14.9 Å². The highest BCUT2D eigenvalue weighted by molar-refractivity contribution is 5.25. The summed E-state index contributed by atoms with van der Waals surface area (Å²) in [4.78, 5) is 4.32. The number of methoxy groups -OCH3 is 1. The molecule has 0 radical (unpaired) electrons. The first-order valence-electron chi connectivity index (χ1n) is 7.32. The van der Waals surface area contributed by atoms with Crippen molar-refractivity contribution in [2.75, 3.05) is 32.2 Å². The average molecular weight is 289 g/mol. The number of hydrogen-bond acceptors (Lipinski definition) is 4. The Labute approximate surface area is 125 Å². The number of benzene rings is 1. The van der Waals surface area contributed by atoms with Gasteiger partial charge in [0, 0.05) is 39.2 Å². The molecule has 0 saturated heterocycles. The second-order valence-electron chi connectivity index (χ2n) is 4.73. The van der Waals surface area contributed by atoms with Gasteiger partial charge in [0.1, 0.15) is 5.75 Å². The molecular weight excluding hydrogens is 266 g/mol. The molecule has 114 valence electrons. The maximum Gasteiger partial charge on any atom is 0.202 e. The van der Waals surface area contributed by atoms with E-state index in [1.807, 2.05) is 42.7 Å². The zero-order valence-electron chi connectivity index (χ0n) is 12.5. The van der Waals surface area contributed by atoms with Gasteiger partial charge in [0.2, 0.25) is 5.95 Å². The Morgan fingerprint density at radius 3 is 2.81 bits per heavy atom. The van der Waals surface area contributed by atoms with Gasteiger partial charge in [-0.15, -0.1) is 0 Å². The van der Waals surface area contributed by atoms with Crippen LogP contribution in [0.25, 0.3) is 0 Å². The van der Waals surface area contributed by atoms with Crippen LogP contribution in [0.4, 0.5) is 5.95 Å². The summed E-state index contributed by atoms with van der Waals surface area (Å²) < 4.78 is 12.8. The summed E-state index contributed by atoms with van der Waals surface area (Å²) in [7, 11) is 1.72. The molecule has 5 heteroatoms. The molecule has 2 aromatic rings. The van der Waals surface area contributed by atoms with E-state index in [-0.39, 0.29) is 0 Å². The number of rotatable bonds is 10. The van der Waals surface area contributed by atoms with Crippen LogP contribution in [0.5, 0.6) is 5.75 Å². The molecule has 0 aliphatic carbocycles. The lowest BCUT2D eigenvalue weighted by atomic mass is 10.3. The number of hydrogen-bond donors (Lipinski definition) is 1. The lowest BCUT2D eigenvalue weighted by Crippen LogP contribution is -2.11. The summed E-state index contributed by atoms with van der Waals surface area (Å²) in [5, 5.41) is 3.32. The molecule has 1 aromatic heterocycles. The summed E-state index contributed by atoms with van der Waals surface area (Å²) in [5.74, 6) is 1.83. The summed E-state index contributed by atoms with van der Waals surface area (Å²) in [6.07, 6.45) is 5.72. The zero-order valence-corrected chi connectivity index (χ0v) is 12.5. The fourth-order valence-electron chi connectivity index (χ4n) is 2.02. The minimum absolute atomic E-state index is 0.700. The van der Waals surface area contributed by atoms with E-state index in [1.165, 1.54) is 0 Å². The lowest BCUT2D eigenvalue weighted by molar-refractivity contribution is 0.197. The van der Waals surface area contributed by atoms with Crippen molar-refractivity contribution in [3.8, 4) is 5.75 Å². The van der Waals surface area contributed by atoms with Gasteiger partial charge in [-0.1, -0.05) is 18.2 Å². The highest BCUT2D eigenvalue weighted by Crippen LogP contribution is 2.10. The van der Waals surface area contributed by atoms with Gasteiger partial charge in [-0.05, 0) is 25.0 Å². The molecular formula is C16H23N3O2. The van der Waals surface area contributed by atoms with Gasteiger partial charge < -0.3 is 19.4 Å². The largest absolute Gasteiger partial charge is 0.494 e. The average Bonchev–Trinajstić information content (AvgIpc) is 2.97. The number of imidazole rings is 1. The number of para-hydroxylation sites is 1. The highest BCUT2D eigenvalue weighted by atomic mass is 16.5. The molecule has 0 unspecified atom stereocenters. The molecule has 0 saturated carbocycles. The van der Waals surface area contributed by atoms with Crippen LogP contribution in [0.15, 0.2) is 42.7 Å². The third-order valence-electron chi connectivity index (χ3n) is 3.08. The first-order chi connectivity index (χ1) is 10.4. The van der Waals surface area contributed by atoms with Crippen molar-refractivity contribution >= 4 is 5.95 Å². The van der Waals surface area contributed by atoms with Crippen LogP contribution in [0.3, 0.4) is 0 Å². The van der Waals surface area contributed by atoms with Crippen molar-refractivity contribution in [1.82, 2.24) is 9.55 Å². The predicted octanol–water partition coefficient (Wildman–Crippen LogP) is 2.80. The fraction of sp³-hybridized carbons (Fsp3) is 0.438. The van der Waals surface area contributed by atoms with Gasteiger partial charge in [-0.2, -0.15) is 0 Å². The van der Waals surface area contributed by atoms with E-state index in [0.717, 1.165) is 44.2 Å². The molecule has 0 fully saturated rings. The first-order valence-corrected chi connectivity index (χ1v) is 7.32. The number of nitrogens with one attached hydrogen (secondary N) is 1. The molecule has 0 bridgehead atoms. The van der Waals surface area contributed by atoms with Crippen LogP contribution < -0.4 is 10.1 Å². The Balaban J connectivity index is 1.67. The number of anilines is 1. The summed E-state index contributed by atoms with van der Waals surface area (Å²) in [5.41, 5.74) is 0. The topological polar surface area (TPSA) is 48.3 Å². The Bertz CT molecular complexity index is 499. The Morgan fingerprint density at radius 1 is 1.14 bits per heavy atom. The van der Waals surface area contributed by atoms with Gasteiger partial charge in [-0.3, -0.25) is 0 Å². The van der Waals surface area contributed by atoms with Crippen molar-refractivity contribution in [2.45, 2.75) is 19.4 Å². The van der Waals surface area contributed by atoms with E-state index < -0.39 is 0 Å². The van der Waals surface area contributed by atoms with Gasteiger partial charge in [0.15, 0.2) is 0 Å². The molecule has 1 N–H and O–H groups in total. The molecule has 1 heterocycles. The number of nitrogens with zero attached hydrogens (tertiary/aromatic N) is 2. The molecule has 1 aromatic carbocycles. The SMILES string of the molecule is COCCCNc1nccn1CCCOc1ccccc1. The van der Waals surface area contributed by atoms with E-state index in [0.29, 0.717) is 6.61 Å². The van der Waals surface area contributed by atoms with E-state index in [4.69, 9.17) is 9.47 Å². The lowest BCUT2D eigenvalue weighted by Gasteiger charge is -2.10. The van der Waals surface area contributed by atoms with Gasteiger partial charge in [0.25, 0.3) is 0 Å². The number of ether oxygens (including phenoxy) is 2. The summed E-state index contributed by atoms with van der Waals surface area (Å²) in [6.45, 7) is 3.22. The van der Waals surface area contributed by atoms with E-state index in [1.54, 1.807) is 7.11 Å². The second kappa shape index (κ2) is 9.02. The van der Waals surface area contributed by atoms with E-state index in [9.17, 15) is 0 Å². The zero-order chi connectivity index (χ0) is 14.8. The van der Waals surface area contributed by atoms with Crippen LogP contribution in [0.1, 0.15) is 12.8 Å². The first kappa shape index (κ1) is 15.4. The maximum atomic E-state index is 5.69. The van der Waals surface area contributed by atoms with Crippen LogP contribution in [0.2, 0.25) is 0 Å². The normalized spacial score (nSPS) is 10.5. The Hall–Kier alpha value is -2.01. The highest BCUT2D eigenvalue weighted by Gasteiger charge is 2.01. The van der Waals surface area contributed by atoms with Crippen molar-refractivity contribution in [1.29, 1.82) is 0 Å². The van der Waals surface area contributed by atoms with Crippen molar-refractivity contribution in [3.63, 3.8) is 0 Å². The molecule has 21 heavy (non-hydrogen) atoms. The number of aryl methyl sites for hydroxylation is 1. The van der Waals surface area contributed by atoms with Crippen molar-refractivity contribution in [3.05, 3.63) is 42.7 Å². The van der Waals surface area contributed by atoms with Gasteiger partial charge in [0.05, 0.1) is 6.61 Å². The third kappa shape index (κ3) is 5.47. The predicted molar refractivity (Wildman–Crippen MR) is 83.8 cm³/mol. The van der Waals surface area contributed by atoms with Crippen LogP contribution >= 0.6 is 0 Å². The third-order valence-corrected chi connectivity index (χ3v) is 3.08. The molecule has 5 nitrogen and oxygen atoms in total. The monoisotopic (exact) mass is 289 g/mol. The van der Waals surface area contributed by atoms with Crippen molar-refractivity contribution in [2.24, 2.45) is 0 Å². The minimum Gasteiger partial charge on any atom is -0.494 e. The summed E-state index contributed by atoms with van der Waals surface area (Å²) in [6, 6.07) is 9.89. The maximum absolute atomic E-state index is 5.69. The Kier molecular flexibility index (Phi) is 6.61. The Morgan fingerprint density at radius 2 is 2.00 bits per heavy atom. The molecule has 0 amide bonds. The van der Waals surface area contributed by atoms with E-state index >= 15 is 0 Å².